The number of piperidine rings is 1. The number of rotatable bonds is 7. The Labute approximate surface area is 187 Å². The molecule has 31 heavy (non-hydrogen) atoms. The van der Waals surface area contributed by atoms with Gasteiger partial charge in [0.2, 0.25) is 0 Å². The fraction of sp³-hybridized carbons (Fsp3) is 0.478. The molecule has 2 heterocycles. The summed E-state index contributed by atoms with van der Waals surface area (Å²) in [6, 6.07) is 7.83. The van der Waals surface area contributed by atoms with Crippen LogP contribution in [0.4, 0.5) is 4.79 Å². The smallest absolute Gasteiger partial charge is 0.409 e. The van der Waals surface area contributed by atoms with Crippen molar-refractivity contribution in [2.24, 2.45) is 0 Å². The first-order valence-electron chi connectivity index (χ1n) is 10.6. The Balaban J connectivity index is 1.72. The maximum absolute atomic E-state index is 12.0. The van der Waals surface area contributed by atoms with E-state index in [0.717, 1.165) is 35.4 Å². The van der Waals surface area contributed by atoms with E-state index in [2.05, 4.69) is 5.32 Å². The molecule has 0 atom stereocenters. The molecule has 168 valence electrons. The lowest BCUT2D eigenvalue weighted by Crippen LogP contribution is -2.45. The SMILES string of the molecule is CCOC(=O)N1CCC(NCc2c(C(=O)O)c(C)n(Cc3ccccc3Cl)c2C)CC1. The Morgan fingerprint density at radius 1 is 1.19 bits per heavy atom. The molecule has 0 aliphatic carbocycles. The first kappa shape index (κ1) is 23.2. The minimum absolute atomic E-state index is 0.221. The average Bonchev–Trinajstić information content (AvgIpc) is 2.98. The molecule has 2 N–H and O–H groups in total. The van der Waals surface area contributed by atoms with Crippen LogP contribution >= 0.6 is 11.6 Å². The number of nitrogens with zero attached hydrogens (tertiary/aromatic N) is 2. The van der Waals surface area contributed by atoms with Gasteiger partial charge < -0.3 is 24.6 Å². The topological polar surface area (TPSA) is 83.8 Å². The van der Waals surface area contributed by atoms with Crippen molar-refractivity contribution in [3.05, 3.63) is 57.4 Å². The Morgan fingerprint density at radius 3 is 2.48 bits per heavy atom. The van der Waals surface area contributed by atoms with Gasteiger partial charge >= 0.3 is 12.1 Å². The number of amides is 1. The summed E-state index contributed by atoms with van der Waals surface area (Å²) in [7, 11) is 0. The zero-order valence-corrected chi connectivity index (χ0v) is 19.0. The number of hydrogen-bond acceptors (Lipinski definition) is 4. The largest absolute Gasteiger partial charge is 0.478 e. The van der Waals surface area contributed by atoms with Crippen molar-refractivity contribution in [2.75, 3.05) is 19.7 Å². The molecule has 3 rings (SSSR count). The second-order valence-electron chi connectivity index (χ2n) is 7.85. The summed E-state index contributed by atoms with van der Waals surface area (Å²) >= 11 is 6.33. The van der Waals surface area contributed by atoms with Gasteiger partial charge in [0, 0.05) is 54.2 Å². The van der Waals surface area contributed by atoms with Crippen molar-refractivity contribution in [3.63, 3.8) is 0 Å². The third-order valence-electron chi connectivity index (χ3n) is 6.00. The summed E-state index contributed by atoms with van der Waals surface area (Å²) in [5.74, 6) is -0.924. The van der Waals surface area contributed by atoms with Crippen molar-refractivity contribution in [2.45, 2.75) is 52.7 Å². The maximum atomic E-state index is 12.0. The number of hydrogen-bond donors (Lipinski definition) is 2. The molecule has 1 amide bonds. The monoisotopic (exact) mass is 447 g/mol. The van der Waals surface area contributed by atoms with Crippen molar-refractivity contribution in [3.8, 4) is 0 Å². The van der Waals surface area contributed by atoms with Crippen molar-refractivity contribution >= 4 is 23.7 Å². The van der Waals surface area contributed by atoms with E-state index in [1.807, 2.05) is 42.7 Å². The number of nitrogens with one attached hydrogen (secondary N) is 1. The van der Waals surface area contributed by atoms with Crippen molar-refractivity contribution in [1.82, 2.24) is 14.8 Å². The molecule has 1 aliphatic heterocycles. The van der Waals surface area contributed by atoms with Crippen LogP contribution in [0.1, 0.15) is 52.6 Å². The molecule has 0 bridgehead atoms. The highest BCUT2D eigenvalue weighted by atomic mass is 35.5. The van der Waals surface area contributed by atoms with E-state index in [4.69, 9.17) is 16.3 Å². The van der Waals surface area contributed by atoms with Gasteiger partial charge in [0.25, 0.3) is 0 Å². The highest BCUT2D eigenvalue weighted by Crippen LogP contribution is 2.26. The Hall–Kier alpha value is -2.51. The van der Waals surface area contributed by atoms with E-state index in [0.29, 0.717) is 43.4 Å². The van der Waals surface area contributed by atoms with E-state index >= 15 is 0 Å². The quantitative estimate of drug-likeness (QED) is 0.664. The molecule has 1 aromatic carbocycles. The van der Waals surface area contributed by atoms with Gasteiger partial charge in [-0.15, -0.1) is 0 Å². The van der Waals surface area contributed by atoms with Gasteiger partial charge in [0.1, 0.15) is 0 Å². The minimum atomic E-state index is -0.924. The standard InChI is InChI=1S/C23H30ClN3O4/c1-4-31-23(30)26-11-9-18(10-12-26)25-13-19-15(2)27(16(3)21(19)22(28)29)14-17-7-5-6-8-20(17)24/h5-8,18,25H,4,9-14H2,1-3H3,(H,28,29). The molecule has 0 radical (unpaired) electrons. The molecule has 1 aliphatic rings. The van der Waals surface area contributed by atoms with Crippen molar-refractivity contribution in [1.29, 1.82) is 0 Å². The van der Waals surface area contributed by atoms with Crippen LogP contribution in [0.5, 0.6) is 0 Å². The highest BCUT2D eigenvalue weighted by molar-refractivity contribution is 6.31. The number of carboxylic acids is 1. The number of carbonyl (C=O) groups excluding carboxylic acids is 1. The van der Waals surface area contributed by atoms with Crippen LogP contribution in [0, 0.1) is 13.8 Å². The van der Waals surface area contributed by atoms with Crippen LogP contribution in [-0.2, 0) is 17.8 Å². The van der Waals surface area contributed by atoms with Crippen LogP contribution in [0.2, 0.25) is 5.02 Å². The van der Waals surface area contributed by atoms with Gasteiger partial charge in [0.05, 0.1) is 12.2 Å². The Kier molecular flexibility index (Phi) is 7.62. The highest BCUT2D eigenvalue weighted by Gasteiger charge is 2.26. The Bertz CT molecular complexity index is 949. The molecule has 0 unspecified atom stereocenters. The summed E-state index contributed by atoms with van der Waals surface area (Å²) in [5, 5.41) is 14.0. The first-order valence-corrected chi connectivity index (χ1v) is 11.0. The number of benzene rings is 1. The molecule has 7 nitrogen and oxygen atoms in total. The van der Waals surface area contributed by atoms with Crippen LogP contribution in [0.25, 0.3) is 0 Å². The van der Waals surface area contributed by atoms with E-state index in [9.17, 15) is 14.7 Å². The molecule has 0 saturated carbocycles. The third kappa shape index (κ3) is 5.22. The maximum Gasteiger partial charge on any atom is 0.409 e. The zero-order valence-electron chi connectivity index (χ0n) is 18.3. The lowest BCUT2D eigenvalue weighted by Gasteiger charge is -2.31. The third-order valence-corrected chi connectivity index (χ3v) is 6.37. The van der Waals surface area contributed by atoms with Gasteiger partial charge in [-0.05, 0) is 45.2 Å². The molecule has 2 aromatic rings. The predicted octanol–water partition coefficient (Wildman–Crippen LogP) is 4.22. The van der Waals surface area contributed by atoms with Gasteiger partial charge in [-0.3, -0.25) is 0 Å². The summed E-state index contributed by atoms with van der Waals surface area (Å²) in [4.78, 5) is 25.6. The van der Waals surface area contributed by atoms with Gasteiger partial charge in [-0.25, -0.2) is 9.59 Å². The summed E-state index contributed by atoms with van der Waals surface area (Å²) in [6.07, 6.45) is 1.34. The van der Waals surface area contributed by atoms with E-state index in [1.165, 1.54) is 0 Å². The fourth-order valence-electron chi connectivity index (χ4n) is 4.21. The van der Waals surface area contributed by atoms with E-state index in [1.54, 1.807) is 11.8 Å². The first-order chi connectivity index (χ1) is 14.8. The fourth-order valence-corrected chi connectivity index (χ4v) is 4.41. The predicted molar refractivity (Wildman–Crippen MR) is 120 cm³/mol. The number of likely N-dealkylation sites (tertiary alicyclic amines) is 1. The molecular weight excluding hydrogens is 418 g/mol. The molecule has 1 aromatic heterocycles. The molecule has 1 fully saturated rings. The summed E-state index contributed by atoms with van der Waals surface area (Å²) < 4.78 is 7.08. The zero-order chi connectivity index (χ0) is 22.5. The van der Waals surface area contributed by atoms with Crippen LogP contribution in [0.15, 0.2) is 24.3 Å². The van der Waals surface area contributed by atoms with E-state index in [-0.39, 0.29) is 12.1 Å². The lowest BCUT2D eigenvalue weighted by molar-refractivity contribution is 0.0693. The lowest BCUT2D eigenvalue weighted by atomic mass is 10.0. The summed E-state index contributed by atoms with van der Waals surface area (Å²) in [5.41, 5.74) is 3.74. The number of aromatic nitrogens is 1. The van der Waals surface area contributed by atoms with E-state index < -0.39 is 5.97 Å². The van der Waals surface area contributed by atoms with Gasteiger partial charge in [-0.1, -0.05) is 29.8 Å². The molecular formula is C23H30ClN3O4. The average molecular weight is 448 g/mol. The number of ether oxygens (including phenoxy) is 1. The molecule has 1 saturated heterocycles. The van der Waals surface area contributed by atoms with Gasteiger partial charge in [0.15, 0.2) is 0 Å². The number of carboxylic acid groups (broad SMARTS) is 1. The van der Waals surface area contributed by atoms with Gasteiger partial charge in [-0.2, -0.15) is 0 Å². The molecule has 0 spiro atoms. The van der Waals surface area contributed by atoms with Crippen LogP contribution < -0.4 is 5.32 Å². The second-order valence-corrected chi connectivity index (χ2v) is 8.26. The van der Waals surface area contributed by atoms with Crippen LogP contribution in [0.3, 0.4) is 0 Å². The minimum Gasteiger partial charge on any atom is -0.478 e. The number of halogens is 1. The Morgan fingerprint density at radius 2 is 1.87 bits per heavy atom. The van der Waals surface area contributed by atoms with Crippen LogP contribution in [-0.4, -0.2) is 52.4 Å². The summed E-state index contributed by atoms with van der Waals surface area (Å²) in [6.45, 7) is 8.23. The number of aromatic carboxylic acids is 1. The second kappa shape index (κ2) is 10.2. The van der Waals surface area contributed by atoms with Crippen molar-refractivity contribution < 1.29 is 19.4 Å². The molecule has 8 heteroatoms. The normalized spacial score (nSPS) is 14.6. The number of carbonyl (C=O) groups is 2.